The predicted molar refractivity (Wildman–Crippen MR) is 86.2 cm³/mol. The van der Waals surface area contributed by atoms with Gasteiger partial charge >= 0.3 is 0 Å². The average Bonchev–Trinajstić information content (AvgIpc) is 3.26. The maximum Gasteiger partial charge on any atom is 0.254 e. The topological polar surface area (TPSA) is 112 Å². The summed E-state index contributed by atoms with van der Waals surface area (Å²) in [5.41, 5.74) is 1.55. The highest BCUT2D eigenvalue weighted by atomic mass is 32.1. The highest BCUT2D eigenvalue weighted by molar-refractivity contribution is 7.15. The number of nitrogens with one attached hydrogen (secondary N) is 1. The zero-order valence-electron chi connectivity index (χ0n) is 13.6. The van der Waals surface area contributed by atoms with Crippen LogP contribution in [0.25, 0.3) is 5.00 Å². The lowest BCUT2D eigenvalue weighted by molar-refractivity contribution is 0.0952. The van der Waals surface area contributed by atoms with Crippen LogP contribution in [0.5, 0.6) is 0 Å². The number of hydrogen-bond donors (Lipinski definition) is 1. The van der Waals surface area contributed by atoms with Crippen LogP contribution in [0, 0.1) is 20.8 Å². The first-order chi connectivity index (χ1) is 11.6. The molecular formula is C14H17N7O2S. The van der Waals surface area contributed by atoms with E-state index in [-0.39, 0.29) is 5.91 Å². The van der Waals surface area contributed by atoms with E-state index in [1.165, 1.54) is 22.3 Å². The van der Waals surface area contributed by atoms with Crippen molar-refractivity contribution in [3.63, 3.8) is 0 Å². The van der Waals surface area contributed by atoms with Gasteiger partial charge in [-0.15, -0.1) is 16.4 Å². The van der Waals surface area contributed by atoms with Crippen LogP contribution in [0.3, 0.4) is 0 Å². The van der Waals surface area contributed by atoms with Gasteiger partial charge in [0.2, 0.25) is 5.89 Å². The number of aromatic nitrogens is 6. The lowest BCUT2D eigenvalue weighted by Crippen LogP contribution is -2.26. The second kappa shape index (κ2) is 6.87. The van der Waals surface area contributed by atoms with E-state index in [4.69, 9.17) is 4.52 Å². The third kappa shape index (κ3) is 3.32. The Morgan fingerprint density at radius 3 is 2.88 bits per heavy atom. The minimum absolute atomic E-state index is 0.135. The second-order valence-electron chi connectivity index (χ2n) is 5.31. The van der Waals surface area contributed by atoms with Crippen LogP contribution in [0.4, 0.5) is 0 Å². The number of hydrogen-bond acceptors (Lipinski definition) is 8. The molecule has 1 N–H and O–H groups in total. The Bertz CT molecular complexity index is 838. The van der Waals surface area contributed by atoms with Crippen LogP contribution in [-0.2, 0) is 6.42 Å². The fourth-order valence-corrected chi connectivity index (χ4v) is 3.33. The van der Waals surface area contributed by atoms with Gasteiger partial charge in [0.15, 0.2) is 5.82 Å². The maximum atomic E-state index is 12.6. The summed E-state index contributed by atoms with van der Waals surface area (Å²) in [5.74, 6) is 1.06. The molecule has 0 fully saturated rings. The number of carbonyl (C=O) groups excluding carboxylic acids is 1. The molecule has 3 aromatic heterocycles. The Morgan fingerprint density at radius 1 is 1.38 bits per heavy atom. The molecule has 0 bridgehead atoms. The van der Waals surface area contributed by atoms with Crippen molar-refractivity contribution in [3.05, 3.63) is 34.0 Å². The zero-order chi connectivity index (χ0) is 17.1. The van der Waals surface area contributed by atoms with Crippen molar-refractivity contribution in [3.8, 4) is 5.00 Å². The molecule has 3 rings (SSSR count). The summed E-state index contributed by atoms with van der Waals surface area (Å²) in [6.07, 6.45) is 2.83. The highest BCUT2D eigenvalue weighted by Gasteiger charge is 2.21. The number of nitrogens with zero attached hydrogens (tertiary/aromatic N) is 6. The molecule has 10 heteroatoms. The number of thiophene rings is 1. The van der Waals surface area contributed by atoms with Crippen LogP contribution >= 0.6 is 11.3 Å². The maximum absolute atomic E-state index is 12.6. The van der Waals surface area contributed by atoms with E-state index in [1.54, 1.807) is 6.92 Å². The molecule has 0 aromatic carbocycles. The summed E-state index contributed by atoms with van der Waals surface area (Å²) in [5, 5.41) is 18.5. The Kier molecular flexibility index (Phi) is 4.65. The van der Waals surface area contributed by atoms with Gasteiger partial charge in [-0.05, 0) is 43.2 Å². The van der Waals surface area contributed by atoms with E-state index in [0.29, 0.717) is 30.2 Å². The van der Waals surface area contributed by atoms with Crippen LogP contribution in [0.15, 0.2) is 10.9 Å². The van der Waals surface area contributed by atoms with E-state index >= 15 is 0 Å². The number of amides is 1. The van der Waals surface area contributed by atoms with E-state index in [0.717, 1.165) is 21.9 Å². The van der Waals surface area contributed by atoms with Crippen molar-refractivity contribution in [1.29, 1.82) is 0 Å². The molecule has 3 heterocycles. The van der Waals surface area contributed by atoms with Gasteiger partial charge in [0.05, 0.1) is 5.56 Å². The lowest BCUT2D eigenvalue weighted by Gasteiger charge is -2.06. The third-order valence-corrected chi connectivity index (χ3v) is 4.77. The summed E-state index contributed by atoms with van der Waals surface area (Å²) in [4.78, 5) is 17.8. The molecule has 0 atom stereocenters. The molecule has 0 saturated carbocycles. The van der Waals surface area contributed by atoms with Gasteiger partial charge in [0, 0.05) is 17.8 Å². The number of carbonyl (C=O) groups is 1. The van der Waals surface area contributed by atoms with Crippen LogP contribution in [0.2, 0.25) is 0 Å². The molecule has 0 radical (unpaired) electrons. The van der Waals surface area contributed by atoms with Crippen molar-refractivity contribution in [2.24, 2.45) is 0 Å². The zero-order valence-corrected chi connectivity index (χ0v) is 14.4. The first-order valence-corrected chi connectivity index (χ1v) is 8.28. The Balaban J connectivity index is 1.64. The molecular weight excluding hydrogens is 330 g/mol. The molecule has 9 nitrogen and oxygen atoms in total. The normalized spacial score (nSPS) is 11.0. The number of rotatable bonds is 6. The van der Waals surface area contributed by atoms with Crippen molar-refractivity contribution in [1.82, 2.24) is 35.7 Å². The Labute approximate surface area is 142 Å². The second-order valence-corrected chi connectivity index (χ2v) is 6.52. The van der Waals surface area contributed by atoms with Gasteiger partial charge < -0.3 is 9.84 Å². The molecule has 24 heavy (non-hydrogen) atoms. The molecule has 0 saturated heterocycles. The minimum atomic E-state index is -0.135. The summed E-state index contributed by atoms with van der Waals surface area (Å²) in [6, 6.07) is 0. The summed E-state index contributed by atoms with van der Waals surface area (Å²) >= 11 is 1.49. The van der Waals surface area contributed by atoms with E-state index in [1.807, 2.05) is 13.8 Å². The van der Waals surface area contributed by atoms with Crippen LogP contribution < -0.4 is 5.32 Å². The molecule has 0 spiro atoms. The van der Waals surface area contributed by atoms with Gasteiger partial charge in [0.1, 0.15) is 11.3 Å². The van der Waals surface area contributed by atoms with Crippen molar-refractivity contribution in [2.75, 3.05) is 6.54 Å². The molecule has 0 aliphatic carbocycles. The third-order valence-electron chi connectivity index (χ3n) is 3.57. The molecule has 0 unspecified atom stereocenters. The van der Waals surface area contributed by atoms with Crippen LogP contribution in [-0.4, -0.2) is 42.8 Å². The van der Waals surface area contributed by atoms with E-state index in [2.05, 4.69) is 31.0 Å². The molecule has 3 aromatic rings. The van der Waals surface area contributed by atoms with Gasteiger partial charge in [-0.1, -0.05) is 5.16 Å². The van der Waals surface area contributed by atoms with Crippen molar-refractivity contribution < 1.29 is 9.32 Å². The van der Waals surface area contributed by atoms with Gasteiger partial charge in [-0.25, -0.2) is 0 Å². The van der Waals surface area contributed by atoms with Gasteiger partial charge in [-0.3, -0.25) is 4.79 Å². The summed E-state index contributed by atoms with van der Waals surface area (Å²) in [7, 11) is 0. The first-order valence-electron chi connectivity index (χ1n) is 7.47. The standard InChI is InChI=1S/C14H17N7O2S/c1-8-9(2)24-14(21-7-16-19-20-21)12(8)13(22)15-6-4-5-11-17-10(3)18-23-11/h7H,4-6H2,1-3H3,(H,15,22). The largest absolute Gasteiger partial charge is 0.352 e. The first kappa shape index (κ1) is 16.2. The minimum Gasteiger partial charge on any atom is -0.352 e. The highest BCUT2D eigenvalue weighted by Crippen LogP contribution is 2.29. The quantitative estimate of drug-likeness (QED) is 0.671. The summed E-state index contributed by atoms with van der Waals surface area (Å²) in [6.45, 7) is 6.19. The predicted octanol–water partition coefficient (Wildman–Crippen LogP) is 1.39. The molecule has 0 aliphatic rings. The van der Waals surface area contributed by atoms with E-state index in [9.17, 15) is 4.79 Å². The smallest absolute Gasteiger partial charge is 0.254 e. The van der Waals surface area contributed by atoms with Crippen LogP contribution in [0.1, 0.15) is 38.9 Å². The number of tetrazole rings is 1. The van der Waals surface area contributed by atoms with Crippen molar-refractivity contribution in [2.45, 2.75) is 33.6 Å². The SMILES string of the molecule is Cc1noc(CCCNC(=O)c2c(-n3cnnn3)sc(C)c2C)n1. The van der Waals surface area contributed by atoms with Gasteiger partial charge in [0.25, 0.3) is 5.91 Å². The monoisotopic (exact) mass is 347 g/mol. The molecule has 0 aliphatic heterocycles. The molecule has 126 valence electrons. The summed E-state index contributed by atoms with van der Waals surface area (Å²) < 4.78 is 6.56. The molecule has 1 amide bonds. The fourth-order valence-electron chi connectivity index (χ4n) is 2.26. The van der Waals surface area contributed by atoms with E-state index < -0.39 is 0 Å². The van der Waals surface area contributed by atoms with Gasteiger partial charge in [-0.2, -0.15) is 9.67 Å². The lowest BCUT2D eigenvalue weighted by atomic mass is 10.1. The average molecular weight is 347 g/mol. The number of aryl methyl sites for hydroxylation is 3. The fraction of sp³-hybridized carbons (Fsp3) is 0.429. The Morgan fingerprint density at radius 2 is 2.21 bits per heavy atom. The Hall–Kier alpha value is -2.62. The van der Waals surface area contributed by atoms with Crippen molar-refractivity contribution >= 4 is 17.2 Å².